The summed E-state index contributed by atoms with van der Waals surface area (Å²) < 4.78 is 187. The summed E-state index contributed by atoms with van der Waals surface area (Å²) in [5.74, 6) is -5.62. The molecule has 0 bridgehead atoms. The maximum atomic E-state index is 14.3. The molecule has 15 fully saturated rings. The molecule has 0 aliphatic carbocycles. The summed E-state index contributed by atoms with van der Waals surface area (Å²) in [5.41, 5.74) is 0. The van der Waals surface area contributed by atoms with Gasteiger partial charge in [-0.25, -0.2) is 19.2 Å². The molecule has 15 heterocycles. The number of ether oxygens (including phenoxy) is 18. The summed E-state index contributed by atoms with van der Waals surface area (Å²) in [6.45, 7) is 7.41. The van der Waals surface area contributed by atoms with E-state index in [-0.39, 0.29) is 105 Å². The highest BCUT2D eigenvalue weighted by Crippen LogP contribution is 2.58. The van der Waals surface area contributed by atoms with Crippen molar-refractivity contribution in [1.82, 2.24) is 0 Å². The van der Waals surface area contributed by atoms with Crippen molar-refractivity contribution in [2.24, 2.45) is 0 Å². The molecule has 19 rings (SSSR count). The number of hydrogen-bond donors (Lipinski definition) is 8. The second-order valence-corrected chi connectivity index (χ2v) is 41.8. The first-order valence-electron chi connectivity index (χ1n) is 40.3. The lowest BCUT2D eigenvalue weighted by Gasteiger charge is -2.27. The number of halogens is 2. The van der Waals surface area contributed by atoms with Crippen LogP contribution in [0.25, 0.3) is 0 Å². The maximum Gasteiger partial charge on any atom is 0.362 e. The van der Waals surface area contributed by atoms with Gasteiger partial charge in [0.15, 0.2) is 24.4 Å². The molecule has 7 unspecified atom stereocenters. The third kappa shape index (κ3) is 22.1. The van der Waals surface area contributed by atoms with Crippen molar-refractivity contribution in [2.45, 2.75) is 223 Å². The van der Waals surface area contributed by atoms with Gasteiger partial charge in [0, 0.05) is 5.30 Å². The van der Waals surface area contributed by atoms with Crippen LogP contribution >= 0.6 is 51.1 Å². The minimum atomic E-state index is -4.01. The van der Waals surface area contributed by atoms with Gasteiger partial charge in [0.2, 0.25) is 0 Å². The number of carbonyl (C=O) groups is 4. The van der Waals surface area contributed by atoms with Gasteiger partial charge < -0.3 is 126 Å². The van der Waals surface area contributed by atoms with Gasteiger partial charge in [-0.3, -0.25) is 45.4 Å². The van der Waals surface area contributed by atoms with Crippen LogP contribution in [0.2, 0.25) is 0 Å². The van der Waals surface area contributed by atoms with Crippen LogP contribution in [0, 0.1) is 0 Å². The number of esters is 4. The monoisotopic (exact) mass is 1870 g/mol. The van der Waals surface area contributed by atoms with E-state index in [1.165, 1.54) is 27.7 Å². The smallest absolute Gasteiger partial charge is 0.362 e. The minimum absolute atomic E-state index is 0.0132. The number of benzene rings is 4. The van der Waals surface area contributed by atoms with Crippen molar-refractivity contribution in [1.29, 1.82) is 0 Å². The molecule has 4 aromatic rings. The second-order valence-electron chi connectivity index (χ2n) is 31.2. The van der Waals surface area contributed by atoms with Gasteiger partial charge in [-0.05, 0) is 98.7 Å². The molecule has 686 valence electrons. The molecular weight excluding hydrogens is 1770 g/mol. The van der Waals surface area contributed by atoms with E-state index in [4.69, 9.17) is 136 Å². The standard InChI is InChI=1S/C24H31O13P.2C18H23O9P.C6H5Cl2OP.C6H10O4.C6H8O4/c1-12(25)23(27)34-15-8-30-21-17(10-32-19(15)21)36-38(29,14-6-4-3-5-7-14)37-18-11-33-20-16(9-31-22(18)20)35-24(28)13(2)26;2*19-11-6-22-17-13(8-24-15(11)17)26-28(21,10-4-2-1-3-5-10)27-14-9-25-16-12(20)7-23-18(14)16;7-10(8,9)6-4-2-1-3-5-6;7-3-1-9-6-4(8)2-10-5(3)6;1-3-5(7)10-4(2)6(8)9-3/h3-7,12-13,15-22,25-26H,8-11H2,1-2H3;2*1-5,11-20H,6-9H2;1-5H;3-8H,1-2H2;3-4H,1-2H3/t12?,13?,15-,16+,17+,18-,19-,20-,21-,22-,38?;2*11-,12+,13+,14-,15-,16-,17-,18-,28?;;3-,4+,5-,6-;/m111.1./s1. The topological polar surface area (TPSA) is 520 Å². The number of aliphatic hydroxyl groups excluding tert-OH is 8. The van der Waals surface area contributed by atoms with Crippen LogP contribution in [0.4, 0.5) is 0 Å². The molecule has 15 saturated heterocycles. The molecule has 4 aromatic carbocycles. The van der Waals surface area contributed by atoms with E-state index in [9.17, 15) is 68.1 Å². The maximum absolute atomic E-state index is 14.3. The van der Waals surface area contributed by atoms with Crippen molar-refractivity contribution in [2.75, 3.05) is 92.5 Å². The van der Waals surface area contributed by atoms with Gasteiger partial charge in [-0.15, -0.1) is 0 Å². The lowest BCUT2D eigenvalue weighted by Crippen LogP contribution is -2.40. The molecule has 46 heteroatoms. The summed E-state index contributed by atoms with van der Waals surface area (Å²) in [7, 11) is -11.6. The molecule has 0 saturated carbocycles. The summed E-state index contributed by atoms with van der Waals surface area (Å²) in [6, 6.07) is 34.3. The SMILES string of the molecule is CC(O)C(=O)O[C@H]1CO[C@H]2[C@@H]1OC[C@H]2OP(=O)(O[C@H]1CO[C@H]2[C@@H]1OC[C@H]2OC(=O)C(C)O)c1ccccc1.CC1OC(=O)C(C)OC1=O.O=P(Cl)(Cl)c1ccccc1.O=P(O[C@H]1CO[C@H]2[C@@H]1OC[C@H]2O)(O[C@@H]1CO[C@H]2[C@@H]1OC[C@@H]2O)c1ccccc1.O=P(O[C@H]1CO[C@H]2[C@@H]1OC[C@H]2O)(O[C@@H]1CO[C@H]2[C@@H]1OC[C@@H]2O)c1ccccc1.O[C@@H]1CO[C@H]2[C@@H]1OC[C@@H]2O. The summed E-state index contributed by atoms with van der Waals surface area (Å²) in [5, 5.41) is 78.5. The average molecular weight is 1870 g/mol. The van der Waals surface area contributed by atoms with Crippen LogP contribution in [0.1, 0.15) is 27.7 Å². The van der Waals surface area contributed by atoms with Crippen LogP contribution in [0.3, 0.4) is 0 Å². The first-order chi connectivity index (χ1) is 59.3. The summed E-state index contributed by atoms with van der Waals surface area (Å²) in [4.78, 5) is 45.0. The summed E-state index contributed by atoms with van der Waals surface area (Å²) in [6.07, 6.45) is -21.0. The van der Waals surface area contributed by atoms with E-state index in [1.54, 1.807) is 103 Å². The predicted octanol–water partition coefficient (Wildman–Crippen LogP) is -0.00760. The molecule has 0 spiro atoms. The number of fused-ring (bicyclic) bond motifs is 7. The van der Waals surface area contributed by atoms with E-state index in [1.807, 2.05) is 18.2 Å². The average Bonchev–Trinajstić information content (AvgIpc) is 1.61. The Bertz CT molecular complexity index is 4100. The lowest BCUT2D eigenvalue weighted by molar-refractivity contribution is -0.191. The summed E-state index contributed by atoms with van der Waals surface area (Å²) >= 11 is 10.8. The molecular formula is C78H100Cl2O40P4. The predicted molar refractivity (Wildman–Crippen MR) is 422 cm³/mol. The molecule has 35 atom stereocenters. The molecule has 15 aliphatic rings. The first kappa shape index (κ1) is 95.2. The Balaban J connectivity index is 0.000000130. The Kier molecular flexibility index (Phi) is 32.0. The highest BCUT2D eigenvalue weighted by Gasteiger charge is 2.60. The number of rotatable bonds is 20. The molecule has 8 N–H and O–H groups in total. The molecule has 15 aliphatic heterocycles. The van der Waals surface area contributed by atoms with Crippen molar-refractivity contribution in [3.05, 3.63) is 121 Å². The molecule has 0 amide bonds. The van der Waals surface area contributed by atoms with Gasteiger partial charge in [0.1, 0.15) is 171 Å². The minimum Gasteiger partial charge on any atom is -0.455 e. The highest BCUT2D eigenvalue weighted by molar-refractivity contribution is 8.13. The highest BCUT2D eigenvalue weighted by atomic mass is 35.9. The third-order valence-electron chi connectivity index (χ3n) is 22.2. The fourth-order valence-electron chi connectivity index (χ4n) is 15.9. The van der Waals surface area contributed by atoms with E-state index in [0.29, 0.717) is 21.2 Å². The first-order valence-corrected chi connectivity index (χ1v) is 48.4. The van der Waals surface area contributed by atoms with Crippen LogP contribution in [-0.2, 0) is 150 Å². The van der Waals surface area contributed by atoms with Gasteiger partial charge in [-0.2, -0.15) is 0 Å². The molecule has 124 heavy (non-hydrogen) atoms. The lowest BCUT2D eigenvalue weighted by atomic mass is 10.1. The van der Waals surface area contributed by atoms with Crippen molar-refractivity contribution in [3.8, 4) is 0 Å². The third-order valence-corrected chi connectivity index (χ3v) is 30.4. The zero-order chi connectivity index (χ0) is 88.1. The van der Waals surface area contributed by atoms with Gasteiger partial charge >= 0.3 is 46.7 Å². The zero-order valence-corrected chi connectivity index (χ0v) is 72.2. The van der Waals surface area contributed by atoms with E-state index >= 15 is 0 Å². The van der Waals surface area contributed by atoms with E-state index < -0.39 is 236 Å². The van der Waals surface area contributed by atoms with Crippen molar-refractivity contribution in [3.63, 3.8) is 0 Å². The quantitative estimate of drug-likeness (QED) is 0.0328. The zero-order valence-electron chi connectivity index (χ0n) is 67.1. The number of carbonyl (C=O) groups excluding carboxylic acids is 4. The van der Waals surface area contributed by atoms with Crippen molar-refractivity contribution >= 4 is 96.2 Å². The number of cyclic esters (lactones) is 2. The number of hydrogen-bond acceptors (Lipinski definition) is 40. The van der Waals surface area contributed by atoms with Gasteiger partial charge in [0.25, 0.3) is 5.85 Å². The van der Waals surface area contributed by atoms with Gasteiger partial charge in [-0.1, -0.05) is 72.8 Å². The largest absolute Gasteiger partial charge is 0.455 e. The molecule has 0 radical (unpaired) electrons. The van der Waals surface area contributed by atoms with Crippen molar-refractivity contribution < 1.29 is 191 Å². The normalized spacial score (nSPS) is 39.3. The fraction of sp³-hybridized carbons (Fsp3) is 0.641. The second kappa shape index (κ2) is 41.7. The Labute approximate surface area is 720 Å². The van der Waals surface area contributed by atoms with Crippen LogP contribution in [-0.4, -0.2) is 353 Å². The molecule has 40 nitrogen and oxygen atoms in total. The van der Waals surface area contributed by atoms with E-state index in [0.717, 1.165) is 0 Å². The Hall–Kier alpha value is -4.86. The Morgan fingerprint density at radius 2 is 0.484 bits per heavy atom. The fourth-order valence-corrected chi connectivity index (χ4v) is 22.8. The van der Waals surface area contributed by atoms with Crippen LogP contribution in [0.15, 0.2) is 121 Å². The van der Waals surface area contributed by atoms with Gasteiger partial charge in [0.05, 0.1) is 108 Å². The Morgan fingerprint density at radius 3 is 0.702 bits per heavy atom. The molecule has 0 aromatic heterocycles. The number of aliphatic hydroxyl groups is 8. The van der Waals surface area contributed by atoms with E-state index in [2.05, 4.69) is 9.47 Å². The van der Waals surface area contributed by atoms with Crippen LogP contribution < -0.4 is 21.2 Å². The van der Waals surface area contributed by atoms with Crippen LogP contribution in [0.5, 0.6) is 0 Å². The Morgan fingerprint density at radius 1 is 0.306 bits per heavy atom.